The maximum absolute atomic E-state index is 11.7. The zero-order valence-electron chi connectivity index (χ0n) is 11.5. The van der Waals surface area contributed by atoms with E-state index in [2.05, 4.69) is 4.74 Å². The normalized spacial score (nSPS) is 15.4. The van der Waals surface area contributed by atoms with Crippen LogP contribution in [0.4, 0.5) is 0 Å². The molecular weight excluding hydrogens is 264 g/mol. The molecule has 0 N–H and O–H groups in total. The van der Waals surface area contributed by atoms with Gasteiger partial charge in [0.2, 0.25) is 5.91 Å². The molecule has 1 aliphatic carbocycles. The molecule has 1 fully saturated rings. The molecule has 0 aliphatic heterocycles. The monoisotopic (exact) mass is 284 g/mol. The second-order valence-corrected chi connectivity index (χ2v) is 5.95. The van der Waals surface area contributed by atoms with Crippen LogP contribution in [-0.4, -0.2) is 49.0 Å². The number of ether oxygens (including phenoxy) is 1. The van der Waals surface area contributed by atoms with Crippen molar-refractivity contribution in [2.24, 2.45) is 5.41 Å². The number of hydrogen-bond donors (Lipinski definition) is 0. The largest absolute Gasteiger partial charge is 0.469 e. The molecule has 1 saturated carbocycles. The lowest BCUT2D eigenvalue weighted by Crippen LogP contribution is -2.29. The van der Waals surface area contributed by atoms with Crippen LogP contribution >= 0.6 is 11.8 Å². The third-order valence-electron chi connectivity index (χ3n) is 3.32. The van der Waals surface area contributed by atoms with Crippen LogP contribution in [0, 0.1) is 16.7 Å². The number of thioether (sulfide) groups is 1. The zero-order chi connectivity index (χ0) is 14.3. The molecule has 0 spiro atoms. The zero-order valence-corrected chi connectivity index (χ0v) is 12.3. The first-order valence-electron chi connectivity index (χ1n) is 6.28. The Hall–Kier alpha value is -1.22. The first-order valence-corrected chi connectivity index (χ1v) is 7.44. The highest BCUT2D eigenvalue weighted by Gasteiger charge is 2.44. The number of amides is 1. The maximum atomic E-state index is 11.7. The van der Waals surface area contributed by atoms with Gasteiger partial charge in [0, 0.05) is 13.6 Å². The van der Waals surface area contributed by atoms with Gasteiger partial charge in [0.1, 0.15) is 0 Å². The third-order valence-corrected chi connectivity index (χ3v) is 4.59. The van der Waals surface area contributed by atoms with Crippen molar-refractivity contribution >= 4 is 23.6 Å². The molecule has 19 heavy (non-hydrogen) atoms. The standard InChI is InChI=1S/C13H20N2O3S/c1-15(7-3-6-14)11(16)9-19-10-13(4-5-13)8-12(17)18-2/h3-5,7-10H2,1-2H3. The summed E-state index contributed by atoms with van der Waals surface area (Å²) in [5.41, 5.74) is 0.0588. The second-order valence-electron chi connectivity index (χ2n) is 4.97. The quantitative estimate of drug-likeness (QED) is 0.631. The molecule has 0 heterocycles. The van der Waals surface area contributed by atoms with Gasteiger partial charge in [-0.2, -0.15) is 17.0 Å². The molecule has 0 bridgehead atoms. The van der Waals surface area contributed by atoms with Crippen LogP contribution in [0.15, 0.2) is 0 Å². The van der Waals surface area contributed by atoms with Crippen LogP contribution in [0.1, 0.15) is 25.7 Å². The fourth-order valence-corrected chi connectivity index (χ4v) is 3.06. The van der Waals surface area contributed by atoms with E-state index in [1.165, 1.54) is 7.11 Å². The highest BCUT2D eigenvalue weighted by atomic mass is 32.2. The van der Waals surface area contributed by atoms with E-state index in [0.717, 1.165) is 18.6 Å². The summed E-state index contributed by atoms with van der Waals surface area (Å²) >= 11 is 1.56. The lowest BCUT2D eigenvalue weighted by molar-refractivity contribution is -0.141. The van der Waals surface area contributed by atoms with E-state index in [1.54, 1.807) is 23.7 Å². The molecule has 1 aliphatic rings. The number of esters is 1. The fraction of sp³-hybridized carbons (Fsp3) is 0.769. The van der Waals surface area contributed by atoms with Crippen molar-refractivity contribution in [1.82, 2.24) is 4.90 Å². The Bertz CT molecular complexity index is 375. The highest BCUT2D eigenvalue weighted by Crippen LogP contribution is 2.51. The smallest absolute Gasteiger partial charge is 0.306 e. The van der Waals surface area contributed by atoms with Crippen molar-refractivity contribution in [3.05, 3.63) is 0 Å². The van der Waals surface area contributed by atoms with Gasteiger partial charge >= 0.3 is 5.97 Å². The topological polar surface area (TPSA) is 70.4 Å². The fourth-order valence-electron chi connectivity index (χ4n) is 1.73. The second kappa shape index (κ2) is 7.39. The number of rotatable bonds is 8. The van der Waals surface area contributed by atoms with E-state index >= 15 is 0 Å². The minimum atomic E-state index is -0.171. The number of carbonyl (C=O) groups excluding carboxylic acids is 2. The van der Waals surface area contributed by atoms with E-state index in [1.807, 2.05) is 6.07 Å². The number of nitriles is 1. The van der Waals surface area contributed by atoms with Gasteiger partial charge in [-0.1, -0.05) is 0 Å². The minimum absolute atomic E-state index is 0.0362. The van der Waals surface area contributed by atoms with Gasteiger partial charge in [-0.15, -0.1) is 0 Å². The highest BCUT2D eigenvalue weighted by molar-refractivity contribution is 7.99. The Kier molecular flexibility index (Phi) is 6.16. The van der Waals surface area contributed by atoms with Gasteiger partial charge in [-0.25, -0.2) is 0 Å². The summed E-state index contributed by atoms with van der Waals surface area (Å²) in [4.78, 5) is 24.6. The lowest BCUT2D eigenvalue weighted by Gasteiger charge is -2.17. The Morgan fingerprint density at radius 2 is 2.16 bits per heavy atom. The maximum Gasteiger partial charge on any atom is 0.306 e. The third kappa shape index (κ3) is 5.52. The summed E-state index contributed by atoms with van der Waals surface area (Å²) in [7, 11) is 3.11. The van der Waals surface area contributed by atoms with Crippen LogP contribution in [0.5, 0.6) is 0 Å². The van der Waals surface area contributed by atoms with Crippen LogP contribution < -0.4 is 0 Å². The molecule has 0 aromatic heterocycles. The van der Waals surface area contributed by atoms with Crippen molar-refractivity contribution in [2.75, 3.05) is 32.2 Å². The molecule has 106 valence electrons. The molecule has 0 radical (unpaired) electrons. The van der Waals surface area contributed by atoms with Crippen LogP contribution in [-0.2, 0) is 14.3 Å². The molecule has 0 atom stereocenters. The molecule has 0 aromatic carbocycles. The summed E-state index contributed by atoms with van der Waals surface area (Å²) in [6, 6.07) is 2.02. The minimum Gasteiger partial charge on any atom is -0.469 e. The molecule has 1 rings (SSSR count). The Morgan fingerprint density at radius 3 is 2.68 bits per heavy atom. The Labute approximate surface area is 118 Å². The van der Waals surface area contributed by atoms with Gasteiger partial charge in [0.25, 0.3) is 0 Å². The summed E-state index contributed by atoms with van der Waals surface area (Å²) in [6.45, 7) is 0.475. The molecule has 5 nitrogen and oxygen atoms in total. The van der Waals surface area contributed by atoms with Gasteiger partial charge in [0.15, 0.2) is 0 Å². The first kappa shape index (κ1) is 15.8. The Morgan fingerprint density at radius 1 is 1.47 bits per heavy atom. The van der Waals surface area contributed by atoms with Crippen molar-refractivity contribution in [3.63, 3.8) is 0 Å². The number of hydrogen-bond acceptors (Lipinski definition) is 5. The van der Waals surface area contributed by atoms with Crippen LogP contribution in [0.3, 0.4) is 0 Å². The van der Waals surface area contributed by atoms with Crippen molar-refractivity contribution in [2.45, 2.75) is 25.7 Å². The molecule has 0 saturated heterocycles. The van der Waals surface area contributed by atoms with E-state index in [0.29, 0.717) is 25.1 Å². The van der Waals surface area contributed by atoms with Crippen molar-refractivity contribution in [1.29, 1.82) is 5.26 Å². The average Bonchev–Trinajstić information content (AvgIpc) is 3.15. The summed E-state index contributed by atoms with van der Waals surface area (Å²) in [6.07, 6.45) is 2.88. The molecule has 0 unspecified atom stereocenters. The van der Waals surface area contributed by atoms with E-state index in [4.69, 9.17) is 5.26 Å². The van der Waals surface area contributed by atoms with Crippen LogP contribution in [0.2, 0.25) is 0 Å². The van der Waals surface area contributed by atoms with Gasteiger partial charge in [-0.05, 0) is 24.0 Å². The lowest BCUT2D eigenvalue weighted by atomic mass is 10.1. The van der Waals surface area contributed by atoms with Gasteiger partial charge in [-0.3, -0.25) is 9.59 Å². The van der Waals surface area contributed by atoms with Crippen molar-refractivity contribution in [3.8, 4) is 6.07 Å². The number of methoxy groups -OCH3 is 1. The predicted molar refractivity (Wildman–Crippen MR) is 73.5 cm³/mol. The molecule has 0 aromatic rings. The van der Waals surface area contributed by atoms with E-state index < -0.39 is 0 Å². The first-order chi connectivity index (χ1) is 9.03. The van der Waals surface area contributed by atoms with Crippen molar-refractivity contribution < 1.29 is 14.3 Å². The summed E-state index contributed by atoms with van der Waals surface area (Å²) in [5, 5.41) is 8.46. The average molecular weight is 284 g/mol. The summed E-state index contributed by atoms with van der Waals surface area (Å²) < 4.78 is 4.68. The molecule has 6 heteroatoms. The van der Waals surface area contributed by atoms with E-state index in [9.17, 15) is 9.59 Å². The Balaban J connectivity index is 2.21. The SMILES string of the molecule is COC(=O)CC1(CSCC(=O)N(C)CCC#N)CC1. The van der Waals surface area contributed by atoms with Crippen LogP contribution in [0.25, 0.3) is 0 Å². The molecule has 1 amide bonds. The molecular formula is C13H20N2O3S. The predicted octanol–water partition coefficient (Wildman–Crippen LogP) is 1.43. The number of carbonyl (C=O) groups is 2. The van der Waals surface area contributed by atoms with Gasteiger partial charge in [0.05, 0.1) is 31.8 Å². The summed E-state index contributed by atoms with van der Waals surface area (Å²) in [5.74, 6) is 1.09. The van der Waals surface area contributed by atoms with Gasteiger partial charge < -0.3 is 9.64 Å². The van der Waals surface area contributed by atoms with E-state index in [-0.39, 0.29) is 17.3 Å². The number of nitrogens with zero attached hydrogens (tertiary/aromatic N) is 2.